The Balaban J connectivity index is 2.05. The van der Waals surface area contributed by atoms with Crippen LogP contribution in [-0.2, 0) is 5.60 Å². The highest BCUT2D eigenvalue weighted by molar-refractivity contribution is 5.48. The zero-order chi connectivity index (χ0) is 14.0. The second kappa shape index (κ2) is 5.17. The molecule has 20 heavy (non-hydrogen) atoms. The average Bonchev–Trinajstić information content (AvgIpc) is 2.54. The number of rotatable bonds is 3. The summed E-state index contributed by atoms with van der Waals surface area (Å²) in [5.74, 6) is 1.45. The second-order valence-electron chi connectivity index (χ2n) is 4.94. The molecule has 1 unspecified atom stereocenters. The van der Waals surface area contributed by atoms with Crippen LogP contribution in [0.1, 0.15) is 24.5 Å². The molecular formula is C17H18O3. The molecule has 0 aromatic heterocycles. The molecule has 0 bridgehead atoms. The topological polar surface area (TPSA) is 38.7 Å². The van der Waals surface area contributed by atoms with Crippen LogP contribution in [0.3, 0.4) is 0 Å². The summed E-state index contributed by atoms with van der Waals surface area (Å²) < 4.78 is 11.1. The molecule has 0 spiro atoms. The Hall–Kier alpha value is -2.00. The van der Waals surface area contributed by atoms with Crippen LogP contribution in [0.2, 0.25) is 0 Å². The van der Waals surface area contributed by atoms with Gasteiger partial charge in [-0.3, -0.25) is 0 Å². The summed E-state index contributed by atoms with van der Waals surface area (Å²) in [5, 5.41) is 11.1. The van der Waals surface area contributed by atoms with Gasteiger partial charge in [-0.1, -0.05) is 43.3 Å². The predicted octanol–water partition coefficient (Wildman–Crippen LogP) is 3.10. The molecular weight excluding hydrogens is 252 g/mol. The molecule has 0 saturated carbocycles. The van der Waals surface area contributed by atoms with E-state index in [0.717, 1.165) is 16.9 Å². The van der Waals surface area contributed by atoms with Crippen molar-refractivity contribution in [3.05, 3.63) is 59.7 Å². The first-order valence-electron chi connectivity index (χ1n) is 6.92. The fraction of sp³-hybridized carbons (Fsp3) is 0.294. The number of benzene rings is 2. The highest BCUT2D eigenvalue weighted by Crippen LogP contribution is 2.38. The predicted molar refractivity (Wildman–Crippen MR) is 77.2 cm³/mol. The molecule has 3 rings (SSSR count). The monoisotopic (exact) mass is 270 g/mol. The lowest BCUT2D eigenvalue weighted by Crippen LogP contribution is -2.26. The minimum absolute atomic E-state index is 0.548. The standard InChI is InChI=1S/C17H18O3/c1-2-17(18,13-6-4-3-5-7-13)14-8-9-15-16(12-14)20-11-10-19-15/h3-9,12,18H,2,10-11H2,1H3. The summed E-state index contributed by atoms with van der Waals surface area (Å²) in [6.07, 6.45) is 0.594. The van der Waals surface area contributed by atoms with E-state index in [4.69, 9.17) is 9.47 Å². The van der Waals surface area contributed by atoms with E-state index in [1.165, 1.54) is 0 Å². The molecule has 1 aliphatic rings. The molecule has 104 valence electrons. The normalized spacial score (nSPS) is 16.5. The van der Waals surface area contributed by atoms with E-state index < -0.39 is 5.60 Å². The van der Waals surface area contributed by atoms with Gasteiger partial charge < -0.3 is 14.6 Å². The zero-order valence-electron chi connectivity index (χ0n) is 11.5. The third-order valence-electron chi connectivity index (χ3n) is 3.78. The van der Waals surface area contributed by atoms with E-state index in [-0.39, 0.29) is 0 Å². The quantitative estimate of drug-likeness (QED) is 0.931. The van der Waals surface area contributed by atoms with Gasteiger partial charge in [-0.15, -0.1) is 0 Å². The van der Waals surface area contributed by atoms with Gasteiger partial charge in [0.2, 0.25) is 0 Å². The first-order valence-corrected chi connectivity index (χ1v) is 6.92. The smallest absolute Gasteiger partial charge is 0.161 e. The van der Waals surface area contributed by atoms with Gasteiger partial charge in [-0.25, -0.2) is 0 Å². The fourth-order valence-corrected chi connectivity index (χ4v) is 2.59. The Kier molecular flexibility index (Phi) is 3.36. The number of hydrogen-bond donors (Lipinski definition) is 1. The molecule has 3 heteroatoms. The molecule has 3 nitrogen and oxygen atoms in total. The van der Waals surface area contributed by atoms with E-state index in [2.05, 4.69) is 0 Å². The number of aliphatic hydroxyl groups is 1. The molecule has 1 heterocycles. The highest BCUT2D eigenvalue weighted by Gasteiger charge is 2.30. The van der Waals surface area contributed by atoms with Crippen molar-refractivity contribution in [2.24, 2.45) is 0 Å². The molecule has 0 fully saturated rings. The molecule has 0 aliphatic carbocycles. The van der Waals surface area contributed by atoms with Crippen molar-refractivity contribution in [1.82, 2.24) is 0 Å². The average molecular weight is 270 g/mol. The molecule has 2 aromatic rings. The number of hydrogen-bond acceptors (Lipinski definition) is 3. The lowest BCUT2D eigenvalue weighted by Gasteiger charge is -2.29. The second-order valence-corrected chi connectivity index (χ2v) is 4.94. The van der Waals surface area contributed by atoms with E-state index in [1.54, 1.807) is 0 Å². The summed E-state index contributed by atoms with van der Waals surface area (Å²) in [6.45, 7) is 3.10. The van der Waals surface area contributed by atoms with E-state index >= 15 is 0 Å². The van der Waals surface area contributed by atoms with Gasteiger partial charge >= 0.3 is 0 Å². The van der Waals surface area contributed by atoms with Crippen molar-refractivity contribution in [3.63, 3.8) is 0 Å². The minimum Gasteiger partial charge on any atom is -0.486 e. The van der Waals surface area contributed by atoms with Crippen LogP contribution in [0.4, 0.5) is 0 Å². The maximum atomic E-state index is 11.1. The summed E-state index contributed by atoms with van der Waals surface area (Å²) in [4.78, 5) is 0. The van der Waals surface area contributed by atoms with Gasteiger partial charge in [0.25, 0.3) is 0 Å². The first kappa shape index (κ1) is 13.0. The van der Waals surface area contributed by atoms with Crippen LogP contribution in [0.15, 0.2) is 48.5 Å². The van der Waals surface area contributed by atoms with Crippen LogP contribution in [0, 0.1) is 0 Å². The summed E-state index contributed by atoms with van der Waals surface area (Å²) in [6, 6.07) is 15.4. The maximum absolute atomic E-state index is 11.1. The largest absolute Gasteiger partial charge is 0.486 e. The molecule has 0 amide bonds. The molecule has 0 saturated heterocycles. The molecule has 2 aromatic carbocycles. The number of ether oxygens (including phenoxy) is 2. The Morgan fingerprint density at radius 1 is 0.950 bits per heavy atom. The molecule has 0 radical (unpaired) electrons. The first-order chi connectivity index (χ1) is 9.74. The summed E-state index contributed by atoms with van der Waals surface area (Å²) in [7, 11) is 0. The van der Waals surface area contributed by atoms with E-state index in [0.29, 0.717) is 25.4 Å². The van der Waals surface area contributed by atoms with Crippen molar-refractivity contribution in [3.8, 4) is 11.5 Å². The SMILES string of the molecule is CCC(O)(c1ccccc1)c1ccc2c(c1)OCCO2. The Morgan fingerprint density at radius 2 is 1.65 bits per heavy atom. The van der Waals surface area contributed by atoms with Crippen LogP contribution < -0.4 is 9.47 Å². The lowest BCUT2D eigenvalue weighted by atomic mass is 9.84. The van der Waals surface area contributed by atoms with Crippen molar-refractivity contribution in [2.45, 2.75) is 18.9 Å². The van der Waals surface area contributed by atoms with Crippen molar-refractivity contribution in [2.75, 3.05) is 13.2 Å². The lowest BCUT2D eigenvalue weighted by molar-refractivity contribution is 0.0756. The van der Waals surface area contributed by atoms with Crippen LogP contribution in [-0.4, -0.2) is 18.3 Å². The summed E-state index contributed by atoms with van der Waals surface area (Å²) in [5.41, 5.74) is 0.714. The Bertz CT molecular complexity index is 594. The van der Waals surface area contributed by atoms with Gasteiger partial charge in [-0.05, 0) is 29.7 Å². The fourth-order valence-electron chi connectivity index (χ4n) is 2.59. The van der Waals surface area contributed by atoms with Crippen LogP contribution in [0.25, 0.3) is 0 Å². The van der Waals surface area contributed by atoms with Crippen LogP contribution in [0.5, 0.6) is 11.5 Å². The van der Waals surface area contributed by atoms with Gasteiger partial charge in [0.1, 0.15) is 18.8 Å². The Labute approximate surface area is 118 Å². The molecule has 1 N–H and O–H groups in total. The van der Waals surface area contributed by atoms with Gasteiger partial charge in [0.15, 0.2) is 11.5 Å². The van der Waals surface area contributed by atoms with E-state index in [9.17, 15) is 5.11 Å². The van der Waals surface area contributed by atoms with E-state index in [1.807, 2.05) is 55.5 Å². The third-order valence-corrected chi connectivity index (χ3v) is 3.78. The highest BCUT2D eigenvalue weighted by atomic mass is 16.6. The maximum Gasteiger partial charge on any atom is 0.161 e. The zero-order valence-corrected chi connectivity index (χ0v) is 11.5. The van der Waals surface area contributed by atoms with Gasteiger partial charge in [0, 0.05) is 0 Å². The number of fused-ring (bicyclic) bond motifs is 1. The van der Waals surface area contributed by atoms with Gasteiger partial charge in [-0.2, -0.15) is 0 Å². The van der Waals surface area contributed by atoms with Crippen molar-refractivity contribution < 1.29 is 14.6 Å². The van der Waals surface area contributed by atoms with Crippen molar-refractivity contribution in [1.29, 1.82) is 0 Å². The van der Waals surface area contributed by atoms with Crippen LogP contribution >= 0.6 is 0 Å². The molecule has 1 atom stereocenters. The minimum atomic E-state index is -1.00. The molecule has 1 aliphatic heterocycles. The van der Waals surface area contributed by atoms with Gasteiger partial charge in [0.05, 0.1) is 0 Å². The Morgan fingerprint density at radius 3 is 2.35 bits per heavy atom. The third kappa shape index (κ3) is 2.14. The summed E-state index contributed by atoms with van der Waals surface area (Å²) >= 11 is 0. The van der Waals surface area contributed by atoms with Crippen molar-refractivity contribution >= 4 is 0 Å².